The second-order valence-electron chi connectivity index (χ2n) is 8.27. The van der Waals surface area contributed by atoms with E-state index in [0.29, 0.717) is 23.6 Å². The Morgan fingerprint density at radius 2 is 1.70 bits per heavy atom. The van der Waals surface area contributed by atoms with Crippen molar-refractivity contribution >= 4 is 23.1 Å². The van der Waals surface area contributed by atoms with E-state index < -0.39 is 17.7 Å². The van der Waals surface area contributed by atoms with Crippen molar-refractivity contribution in [2.24, 2.45) is 0 Å². The van der Waals surface area contributed by atoms with Crippen LogP contribution in [-0.4, -0.2) is 23.4 Å². The molecule has 3 aromatic rings. The maximum Gasteiger partial charge on any atom is 0.300 e. The highest BCUT2D eigenvalue weighted by Gasteiger charge is 2.47. The first-order chi connectivity index (χ1) is 15.8. The molecule has 4 rings (SSSR count). The average molecular weight is 442 g/mol. The van der Waals surface area contributed by atoms with E-state index in [4.69, 9.17) is 4.74 Å². The number of aliphatic hydroxyl groups excluding tert-OH is 1. The first-order valence-corrected chi connectivity index (χ1v) is 11.0. The van der Waals surface area contributed by atoms with Crippen LogP contribution in [0.25, 0.3) is 5.76 Å². The van der Waals surface area contributed by atoms with Crippen molar-refractivity contribution in [2.75, 3.05) is 11.5 Å². The van der Waals surface area contributed by atoms with Crippen LogP contribution in [0.1, 0.15) is 40.8 Å². The number of carbonyl (C=O) groups excluding carboxylic acids is 2. The van der Waals surface area contributed by atoms with Crippen molar-refractivity contribution in [3.05, 3.63) is 100 Å². The Bertz CT molecular complexity index is 1270. The van der Waals surface area contributed by atoms with Crippen LogP contribution >= 0.6 is 0 Å². The lowest BCUT2D eigenvalue weighted by molar-refractivity contribution is -0.132. The lowest BCUT2D eigenvalue weighted by Gasteiger charge is -2.27. The van der Waals surface area contributed by atoms with E-state index in [1.54, 1.807) is 18.2 Å². The Morgan fingerprint density at radius 3 is 2.42 bits per heavy atom. The fraction of sp³-hybridized carbons (Fsp3) is 0.214. The molecular weight excluding hydrogens is 414 g/mol. The van der Waals surface area contributed by atoms with Crippen molar-refractivity contribution in [3.8, 4) is 5.75 Å². The summed E-state index contributed by atoms with van der Waals surface area (Å²) in [5, 5.41) is 11.4. The predicted molar refractivity (Wildman–Crippen MR) is 129 cm³/mol. The van der Waals surface area contributed by atoms with Gasteiger partial charge in [-0.2, -0.15) is 0 Å². The number of ketones is 1. The SMILES string of the molecule is CCOc1cccc(N2C(=O)C(=O)/C(=C(/O)c3cc(C)ccc3C)C2c2ccccc2C)c1. The molecule has 3 aromatic carbocycles. The Labute approximate surface area is 193 Å². The molecule has 1 fully saturated rings. The molecule has 1 aliphatic rings. The second-order valence-corrected chi connectivity index (χ2v) is 8.27. The number of nitrogens with zero attached hydrogens (tertiary/aromatic N) is 1. The van der Waals surface area contributed by atoms with Crippen LogP contribution in [0.2, 0.25) is 0 Å². The number of carbonyl (C=O) groups is 2. The van der Waals surface area contributed by atoms with Crippen molar-refractivity contribution in [1.29, 1.82) is 0 Å². The molecule has 1 heterocycles. The standard InChI is InChI=1S/C28H27NO4/c1-5-33-21-11-8-10-20(16-21)29-25(22-12-7-6-9-18(22)3)24(27(31)28(29)32)26(30)23-15-17(2)13-14-19(23)4/h6-16,25,30H,5H2,1-4H3/b26-24+. The van der Waals surface area contributed by atoms with Gasteiger partial charge in [-0.25, -0.2) is 0 Å². The van der Waals surface area contributed by atoms with Gasteiger partial charge in [0.15, 0.2) is 0 Å². The summed E-state index contributed by atoms with van der Waals surface area (Å²) in [6, 6.07) is 19.6. The predicted octanol–water partition coefficient (Wildman–Crippen LogP) is 5.64. The zero-order chi connectivity index (χ0) is 23.7. The zero-order valence-electron chi connectivity index (χ0n) is 19.3. The van der Waals surface area contributed by atoms with Crippen LogP contribution < -0.4 is 9.64 Å². The highest BCUT2D eigenvalue weighted by atomic mass is 16.5. The number of rotatable bonds is 5. The largest absolute Gasteiger partial charge is 0.507 e. The molecule has 5 heteroatoms. The van der Waals surface area contributed by atoms with Crippen molar-refractivity contribution < 1.29 is 19.4 Å². The van der Waals surface area contributed by atoms with Gasteiger partial charge in [0.05, 0.1) is 18.2 Å². The van der Waals surface area contributed by atoms with Crippen molar-refractivity contribution in [3.63, 3.8) is 0 Å². The number of Topliss-reactive ketones (excluding diaryl/α,β-unsaturated/α-hetero) is 1. The first-order valence-electron chi connectivity index (χ1n) is 11.0. The summed E-state index contributed by atoms with van der Waals surface area (Å²) in [5.41, 5.74) is 4.66. The van der Waals surface area contributed by atoms with E-state index in [-0.39, 0.29) is 11.3 Å². The van der Waals surface area contributed by atoms with Crippen LogP contribution in [0.15, 0.2) is 72.3 Å². The molecule has 0 saturated carbocycles. The summed E-state index contributed by atoms with van der Waals surface area (Å²) < 4.78 is 5.62. The summed E-state index contributed by atoms with van der Waals surface area (Å²) in [7, 11) is 0. The average Bonchev–Trinajstić information content (AvgIpc) is 3.06. The third-order valence-corrected chi connectivity index (χ3v) is 5.98. The van der Waals surface area contributed by atoms with Gasteiger partial charge in [0.25, 0.3) is 11.7 Å². The van der Waals surface area contributed by atoms with Gasteiger partial charge in [-0.15, -0.1) is 0 Å². The van der Waals surface area contributed by atoms with Crippen LogP contribution in [0, 0.1) is 20.8 Å². The molecule has 0 aromatic heterocycles. The lowest BCUT2D eigenvalue weighted by atomic mass is 9.91. The van der Waals surface area contributed by atoms with Gasteiger partial charge in [0.2, 0.25) is 0 Å². The van der Waals surface area contributed by atoms with Crippen LogP contribution in [0.3, 0.4) is 0 Å². The number of hydrogen-bond acceptors (Lipinski definition) is 4. The Hall–Kier alpha value is -3.86. The number of anilines is 1. The molecule has 1 N–H and O–H groups in total. The van der Waals surface area contributed by atoms with Gasteiger partial charge >= 0.3 is 0 Å². The fourth-order valence-electron chi connectivity index (χ4n) is 4.31. The number of benzene rings is 3. The summed E-state index contributed by atoms with van der Waals surface area (Å²) >= 11 is 0. The Balaban J connectivity index is 1.98. The third-order valence-electron chi connectivity index (χ3n) is 5.98. The van der Waals surface area contributed by atoms with Gasteiger partial charge in [-0.3, -0.25) is 14.5 Å². The summed E-state index contributed by atoms with van der Waals surface area (Å²) in [4.78, 5) is 28.2. The molecule has 0 aliphatic carbocycles. The molecule has 1 unspecified atom stereocenters. The Kier molecular flexibility index (Phi) is 6.05. The molecule has 0 radical (unpaired) electrons. The van der Waals surface area contributed by atoms with Gasteiger partial charge < -0.3 is 9.84 Å². The highest BCUT2D eigenvalue weighted by Crippen LogP contribution is 2.44. The second kappa shape index (κ2) is 8.94. The summed E-state index contributed by atoms with van der Waals surface area (Å²) in [5.74, 6) is -0.937. The molecule has 1 saturated heterocycles. The summed E-state index contributed by atoms with van der Waals surface area (Å²) in [6.07, 6.45) is 0. The van der Waals surface area contributed by atoms with E-state index in [9.17, 15) is 14.7 Å². The molecule has 0 bridgehead atoms. The van der Waals surface area contributed by atoms with Gasteiger partial charge in [-0.1, -0.05) is 48.0 Å². The van der Waals surface area contributed by atoms with Gasteiger partial charge in [0.1, 0.15) is 11.5 Å². The zero-order valence-corrected chi connectivity index (χ0v) is 19.3. The number of aryl methyl sites for hydroxylation is 3. The van der Waals surface area contributed by atoms with Crippen LogP contribution in [0.4, 0.5) is 5.69 Å². The number of amides is 1. The molecule has 33 heavy (non-hydrogen) atoms. The molecule has 0 spiro atoms. The van der Waals surface area contributed by atoms with E-state index in [1.165, 1.54) is 4.90 Å². The quantitative estimate of drug-likeness (QED) is 0.316. The molecule has 168 valence electrons. The summed E-state index contributed by atoms with van der Waals surface area (Å²) in [6.45, 7) is 8.10. The number of hydrogen-bond donors (Lipinski definition) is 1. The Morgan fingerprint density at radius 1 is 0.939 bits per heavy atom. The van der Waals surface area contributed by atoms with Crippen LogP contribution in [0.5, 0.6) is 5.75 Å². The topological polar surface area (TPSA) is 66.8 Å². The van der Waals surface area contributed by atoms with E-state index in [0.717, 1.165) is 22.3 Å². The van der Waals surface area contributed by atoms with E-state index >= 15 is 0 Å². The van der Waals surface area contributed by atoms with Gasteiger partial charge in [-0.05, 0) is 62.6 Å². The normalized spacial score (nSPS) is 17.5. The monoisotopic (exact) mass is 441 g/mol. The smallest absolute Gasteiger partial charge is 0.300 e. The minimum atomic E-state index is -0.761. The first kappa shape index (κ1) is 22.3. The minimum Gasteiger partial charge on any atom is -0.507 e. The molecule has 1 amide bonds. The van der Waals surface area contributed by atoms with Crippen molar-refractivity contribution in [2.45, 2.75) is 33.7 Å². The number of aliphatic hydroxyl groups is 1. The highest BCUT2D eigenvalue weighted by molar-refractivity contribution is 6.51. The lowest BCUT2D eigenvalue weighted by Crippen LogP contribution is -2.29. The minimum absolute atomic E-state index is 0.0878. The molecule has 5 nitrogen and oxygen atoms in total. The van der Waals surface area contributed by atoms with E-state index in [1.807, 2.05) is 76.2 Å². The van der Waals surface area contributed by atoms with E-state index in [2.05, 4.69) is 0 Å². The molecular formula is C28H27NO4. The van der Waals surface area contributed by atoms with Crippen LogP contribution in [-0.2, 0) is 9.59 Å². The number of ether oxygens (including phenoxy) is 1. The maximum absolute atomic E-state index is 13.4. The fourth-order valence-corrected chi connectivity index (χ4v) is 4.31. The van der Waals surface area contributed by atoms with Gasteiger partial charge in [0, 0.05) is 17.3 Å². The maximum atomic E-state index is 13.4. The third kappa shape index (κ3) is 4.02. The molecule has 1 aliphatic heterocycles. The van der Waals surface area contributed by atoms with Crippen molar-refractivity contribution in [1.82, 2.24) is 0 Å². The molecule has 1 atom stereocenters.